The molecule has 0 unspecified atom stereocenters. The van der Waals surface area contributed by atoms with Crippen LogP contribution >= 0.6 is 0 Å². The lowest BCUT2D eigenvalue weighted by molar-refractivity contribution is -0.135. The van der Waals surface area contributed by atoms with E-state index in [1.807, 2.05) is 6.92 Å². The van der Waals surface area contributed by atoms with Gasteiger partial charge in [-0.05, 0) is 107 Å². The Kier molecular flexibility index (Phi) is 4.61. The maximum absolute atomic E-state index is 12.7. The summed E-state index contributed by atoms with van der Waals surface area (Å²) in [5.41, 5.74) is -0.324. The Labute approximate surface area is 158 Å². The Morgan fingerprint density at radius 2 is 1.65 bits per heavy atom. The zero-order valence-electron chi connectivity index (χ0n) is 16.8. The number of rotatable bonds is 3. The van der Waals surface area contributed by atoms with Crippen LogP contribution in [0.3, 0.4) is 0 Å². The molecule has 0 heterocycles. The van der Waals surface area contributed by atoms with Crippen molar-refractivity contribution in [3.63, 3.8) is 0 Å². The van der Waals surface area contributed by atoms with Gasteiger partial charge in [-0.1, -0.05) is 6.92 Å². The van der Waals surface area contributed by atoms with Gasteiger partial charge in [0.15, 0.2) is 0 Å². The van der Waals surface area contributed by atoms with E-state index in [1.165, 1.54) is 32.1 Å². The molecule has 0 aromatic carbocycles. The quantitative estimate of drug-likeness (QED) is 0.751. The van der Waals surface area contributed by atoms with E-state index in [0.717, 1.165) is 43.4 Å². The van der Waals surface area contributed by atoms with Crippen LogP contribution in [0.1, 0.15) is 85.0 Å². The number of ketones is 2. The summed E-state index contributed by atoms with van der Waals surface area (Å²) in [6.45, 7) is 5.93. The van der Waals surface area contributed by atoms with Gasteiger partial charge in [0.05, 0.1) is 12.0 Å². The average molecular weight is 361 g/mol. The van der Waals surface area contributed by atoms with Crippen LogP contribution < -0.4 is 0 Å². The second-order valence-corrected chi connectivity index (χ2v) is 10.7. The SMILES string of the molecule is CC(=O)CC(=O)[C@H]1CC[C@H]2[C@@H]3CC[C@@H]4C[C@](C)(O)CC[C@@H]4[C@H]3CC[C@]12C. The maximum atomic E-state index is 12.7. The number of carbonyl (C=O) groups excluding carboxylic acids is 2. The summed E-state index contributed by atoms with van der Waals surface area (Å²) in [6.07, 6.45) is 10.4. The lowest BCUT2D eigenvalue weighted by Crippen LogP contribution is -2.51. The first-order valence-electron chi connectivity index (χ1n) is 11.0. The highest BCUT2D eigenvalue weighted by Crippen LogP contribution is 2.64. The van der Waals surface area contributed by atoms with Crippen molar-refractivity contribution in [2.75, 3.05) is 0 Å². The van der Waals surface area contributed by atoms with E-state index in [0.29, 0.717) is 11.8 Å². The van der Waals surface area contributed by atoms with Crippen LogP contribution in [-0.4, -0.2) is 22.3 Å². The van der Waals surface area contributed by atoms with E-state index in [9.17, 15) is 14.7 Å². The summed E-state index contributed by atoms with van der Waals surface area (Å²) in [4.78, 5) is 24.2. The van der Waals surface area contributed by atoms with Crippen LogP contribution in [0.4, 0.5) is 0 Å². The molecule has 4 saturated carbocycles. The molecule has 4 aliphatic rings. The van der Waals surface area contributed by atoms with Crippen molar-refractivity contribution in [2.24, 2.45) is 40.9 Å². The van der Waals surface area contributed by atoms with Crippen LogP contribution in [0, 0.1) is 40.9 Å². The summed E-state index contributed by atoms with van der Waals surface area (Å²) >= 11 is 0. The van der Waals surface area contributed by atoms with Gasteiger partial charge in [-0.2, -0.15) is 0 Å². The van der Waals surface area contributed by atoms with Gasteiger partial charge in [-0.3, -0.25) is 9.59 Å². The fourth-order valence-corrected chi connectivity index (χ4v) is 7.98. The third-order valence-corrected chi connectivity index (χ3v) is 9.05. The zero-order chi connectivity index (χ0) is 18.7. The third-order valence-electron chi connectivity index (χ3n) is 9.05. The molecule has 0 saturated heterocycles. The molecule has 0 radical (unpaired) electrons. The molecule has 0 spiro atoms. The topological polar surface area (TPSA) is 54.4 Å². The Morgan fingerprint density at radius 1 is 0.923 bits per heavy atom. The molecule has 1 N–H and O–H groups in total. The molecule has 4 rings (SSSR count). The van der Waals surface area contributed by atoms with Crippen molar-refractivity contribution in [1.82, 2.24) is 0 Å². The second kappa shape index (κ2) is 6.43. The second-order valence-electron chi connectivity index (χ2n) is 10.7. The molecular weight excluding hydrogens is 324 g/mol. The molecule has 8 atom stereocenters. The summed E-state index contributed by atoms with van der Waals surface area (Å²) in [5, 5.41) is 10.5. The van der Waals surface area contributed by atoms with Crippen molar-refractivity contribution in [3.8, 4) is 0 Å². The first kappa shape index (κ1) is 18.7. The zero-order valence-corrected chi connectivity index (χ0v) is 16.8. The number of carbonyl (C=O) groups is 2. The van der Waals surface area contributed by atoms with E-state index in [-0.39, 0.29) is 29.3 Å². The fourth-order valence-electron chi connectivity index (χ4n) is 7.98. The number of fused-ring (bicyclic) bond motifs is 5. The van der Waals surface area contributed by atoms with Gasteiger partial charge >= 0.3 is 0 Å². The highest BCUT2D eigenvalue weighted by Gasteiger charge is 2.58. The van der Waals surface area contributed by atoms with E-state index < -0.39 is 5.60 Å². The summed E-state index contributed by atoms with van der Waals surface area (Å²) in [6, 6.07) is 0. The monoisotopic (exact) mass is 360 g/mol. The van der Waals surface area contributed by atoms with Crippen molar-refractivity contribution < 1.29 is 14.7 Å². The molecule has 0 amide bonds. The average Bonchev–Trinajstić information content (AvgIpc) is 2.90. The highest BCUT2D eigenvalue weighted by atomic mass is 16.3. The van der Waals surface area contributed by atoms with Crippen molar-refractivity contribution >= 4 is 11.6 Å². The highest BCUT2D eigenvalue weighted by molar-refractivity contribution is 5.99. The van der Waals surface area contributed by atoms with Gasteiger partial charge in [0.2, 0.25) is 0 Å². The van der Waals surface area contributed by atoms with Gasteiger partial charge < -0.3 is 5.11 Å². The Balaban J connectivity index is 1.51. The van der Waals surface area contributed by atoms with Gasteiger partial charge in [0.1, 0.15) is 11.6 Å². The summed E-state index contributed by atoms with van der Waals surface area (Å²) in [5.74, 6) is 4.10. The Bertz CT molecular complexity index is 594. The lowest BCUT2D eigenvalue weighted by atomic mass is 9.49. The first-order valence-corrected chi connectivity index (χ1v) is 11.0. The van der Waals surface area contributed by atoms with E-state index in [1.54, 1.807) is 6.92 Å². The van der Waals surface area contributed by atoms with E-state index >= 15 is 0 Å². The fraction of sp³-hybridized carbons (Fsp3) is 0.913. The molecule has 3 nitrogen and oxygen atoms in total. The van der Waals surface area contributed by atoms with Gasteiger partial charge in [-0.15, -0.1) is 0 Å². The van der Waals surface area contributed by atoms with Crippen molar-refractivity contribution in [1.29, 1.82) is 0 Å². The summed E-state index contributed by atoms with van der Waals surface area (Å²) < 4.78 is 0. The minimum Gasteiger partial charge on any atom is -0.390 e. The van der Waals surface area contributed by atoms with E-state index in [4.69, 9.17) is 0 Å². The van der Waals surface area contributed by atoms with Crippen LogP contribution in [0.5, 0.6) is 0 Å². The minimum atomic E-state index is -0.450. The predicted octanol–water partition coefficient (Wildman–Crippen LogP) is 4.55. The lowest BCUT2D eigenvalue weighted by Gasteiger charge is -2.56. The molecular formula is C23H36O3. The maximum Gasteiger partial charge on any atom is 0.143 e. The molecule has 0 aromatic rings. The van der Waals surface area contributed by atoms with Crippen LogP contribution in [0.2, 0.25) is 0 Å². The first-order chi connectivity index (χ1) is 12.2. The molecule has 4 fully saturated rings. The number of hydrogen-bond acceptors (Lipinski definition) is 3. The number of aliphatic hydroxyl groups is 1. The van der Waals surface area contributed by atoms with E-state index in [2.05, 4.69) is 6.92 Å². The number of Topliss-reactive ketones (excluding diaryl/α,β-unsaturated/α-hetero) is 2. The van der Waals surface area contributed by atoms with Gasteiger partial charge in [0, 0.05) is 5.92 Å². The normalized spacial score (nSPS) is 50.5. The molecule has 0 bridgehead atoms. The number of hydrogen-bond donors (Lipinski definition) is 1. The van der Waals surface area contributed by atoms with Crippen LogP contribution in [0.25, 0.3) is 0 Å². The van der Waals surface area contributed by atoms with Crippen LogP contribution in [0.15, 0.2) is 0 Å². The molecule has 26 heavy (non-hydrogen) atoms. The Morgan fingerprint density at radius 3 is 2.38 bits per heavy atom. The molecule has 0 aromatic heterocycles. The van der Waals surface area contributed by atoms with Crippen LogP contribution in [-0.2, 0) is 9.59 Å². The molecule has 4 aliphatic carbocycles. The Hall–Kier alpha value is -0.700. The van der Waals surface area contributed by atoms with Gasteiger partial charge in [-0.25, -0.2) is 0 Å². The largest absolute Gasteiger partial charge is 0.390 e. The molecule has 146 valence electrons. The molecule has 3 heteroatoms. The van der Waals surface area contributed by atoms with Crippen molar-refractivity contribution in [2.45, 2.75) is 90.6 Å². The summed E-state index contributed by atoms with van der Waals surface area (Å²) in [7, 11) is 0. The van der Waals surface area contributed by atoms with Crippen molar-refractivity contribution in [3.05, 3.63) is 0 Å². The van der Waals surface area contributed by atoms with Gasteiger partial charge in [0.25, 0.3) is 0 Å². The molecule has 0 aliphatic heterocycles. The smallest absolute Gasteiger partial charge is 0.143 e. The minimum absolute atomic E-state index is 0.0190. The third kappa shape index (κ3) is 2.99. The predicted molar refractivity (Wildman–Crippen MR) is 102 cm³/mol. The standard InChI is InChI=1S/C23H36O3/c1-14(24)12-21(25)20-7-6-19-18-5-4-15-13-22(2,26)10-8-16(15)17(18)9-11-23(19,20)3/h15-20,26H,4-13H2,1-3H3/t15-,16+,17-,18-,19+,20-,22-,23+/m1/s1.